The van der Waals surface area contributed by atoms with Crippen LogP contribution in [0.1, 0.15) is 27.7 Å². The number of rotatable bonds is 4. The summed E-state index contributed by atoms with van der Waals surface area (Å²) >= 11 is 0. The number of carbonyl (C=O) groups is 1. The Kier molecular flexibility index (Phi) is 6.82. The van der Waals surface area contributed by atoms with Crippen LogP contribution in [0.2, 0.25) is 0 Å². The van der Waals surface area contributed by atoms with Gasteiger partial charge < -0.3 is 9.67 Å². The molecule has 6 heteroatoms. The van der Waals surface area contributed by atoms with Crippen molar-refractivity contribution in [3.8, 4) is 0 Å². The molecule has 0 bridgehead atoms. The summed E-state index contributed by atoms with van der Waals surface area (Å²) in [6, 6.07) is 19.4. The molecule has 4 nitrogen and oxygen atoms in total. The van der Waals surface area contributed by atoms with E-state index < -0.39 is 5.97 Å². The van der Waals surface area contributed by atoms with Gasteiger partial charge in [0.1, 0.15) is 5.69 Å². The highest BCUT2D eigenvalue weighted by molar-refractivity contribution is 5.86. The molecule has 0 aliphatic heterocycles. The number of hydrogen-bond acceptors (Lipinski definition) is 2. The molecule has 0 unspecified atom stereocenters. The molecule has 1 aromatic heterocycles. The maximum atomic E-state index is 11.4. The second-order valence-electron chi connectivity index (χ2n) is 4.72. The summed E-state index contributed by atoms with van der Waals surface area (Å²) in [5, 5.41) is 9.34. The minimum Gasteiger partial charge on any atom is -0.477 e. The maximum absolute atomic E-state index is 11.4. The van der Waals surface area contributed by atoms with Crippen LogP contribution >= 0.6 is 24.8 Å². The molecule has 3 rings (SSSR count). The Bertz CT molecular complexity index is 706. The van der Waals surface area contributed by atoms with Gasteiger partial charge in [0.15, 0.2) is 0 Å². The number of aromatic carboxylic acids is 1. The lowest BCUT2D eigenvalue weighted by atomic mass is 9.98. The van der Waals surface area contributed by atoms with Crippen LogP contribution in [0.5, 0.6) is 0 Å². The molecule has 0 atom stereocenters. The number of hydrogen-bond donors (Lipinski definition) is 1. The average molecular weight is 351 g/mol. The number of benzene rings is 2. The van der Waals surface area contributed by atoms with Gasteiger partial charge in [0.25, 0.3) is 0 Å². The molecule has 2 aromatic carbocycles. The first-order valence-corrected chi connectivity index (χ1v) is 6.62. The van der Waals surface area contributed by atoms with Crippen LogP contribution in [0, 0.1) is 0 Å². The van der Waals surface area contributed by atoms with E-state index in [1.54, 1.807) is 10.9 Å². The minimum absolute atomic E-state index is 0. The zero-order valence-electron chi connectivity index (χ0n) is 12.1. The van der Waals surface area contributed by atoms with Gasteiger partial charge in [0, 0.05) is 0 Å². The van der Waals surface area contributed by atoms with Gasteiger partial charge in [0.2, 0.25) is 0 Å². The summed E-state index contributed by atoms with van der Waals surface area (Å²) in [6.45, 7) is 0. The molecule has 0 saturated carbocycles. The molecule has 0 fully saturated rings. The van der Waals surface area contributed by atoms with Crippen molar-refractivity contribution in [2.75, 3.05) is 0 Å². The number of nitrogens with zero attached hydrogens (tertiary/aromatic N) is 2. The van der Waals surface area contributed by atoms with Crippen LogP contribution in [0.25, 0.3) is 0 Å². The first-order chi connectivity index (χ1) is 10.3. The SMILES string of the molecule is Cl.Cl.O=C(O)c1cncn1C(c1ccccc1)c1ccccc1. The quantitative estimate of drug-likeness (QED) is 0.771. The Morgan fingerprint density at radius 1 is 0.913 bits per heavy atom. The summed E-state index contributed by atoms with van der Waals surface area (Å²) < 4.78 is 1.69. The lowest BCUT2D eigenvalue weighted by Crippen LogP contribution is -2.16. The molecule has 0 radical (unpaired) electrons. The van der Waals surface area contributed by atoms with E-state index in [0.29, 0.717) is 0 Å². The number of imidazole rings is 1. The number of halogens is 2. The smallest absolute Gasteiger partial charge is 0.354 e. The second kappa shape index (κ2) is 8.36. The predicted octanol–water partition coefficient (Wildman–Crippen LogP) is 4.06. The van der Waals surface area contributed by atoms with Crippen LogP contribution in [-0.2, 0) is 0 Å². The van der Waals surface area contributed by atoms with Crippen LogP contribution < -0.4 is 0 Å². The molecule has 120 valence electrons. The predicted molar refractivity (Wildman–Crippen MR) is 93.8 cm³/mol. The van der Waals surface area contributed by atoms with E-state index in [9.17, 15) is 9.90 Å². The fourth-order valence-electron chi connectivity index (χ4n) is 2.46. The summed E-state index contributed by atoms with van der Waals surface area (Å²) in [5.41, 5.74) is 2.21. The van der Waals surface area contributed by atoms with Crippen LogP contribution in [0.15, 0.2) is 73.2 Å². The molecule has 0 aliphatic rings. The van der Waals surface area contributed by atoms with Crippen molar-refractivity contribution in [3.63, 3.8) is 0 Å². The summed E-state index contributed by atoms with van der Waals surface area (Å²) in [5.74, 6) is -0.982. The van der Waals surface area contributed by atoms with Crippen molar-refractivity contribution in [1.82, 2.24) is 9.55 Å². The molecule has 23 heavy (non-hydrogen) atoms. The first kappa shape index (κ1) is 18.7. The fourth-order valence-corrected chi connectivity index (χ4v) is 2.46. The highest BCUT2D eigenvalue weighted by Crippen LogP contribution is 2.27. The van der Waals surface area contributed by atoms with Crippen molar-refractivity contribution in [3.05, 3.63) is 90.0 Å². The third-order valence-electron chi connectivity index (χ3n) is 3.39. The van der Waals surface area contributed by atoms with E-state index in [2.05, 4.69) is 4.98 Å². The van der Waals surface area contributed by atoms with Gasteiger partial charge in [-0.3, -0.25) is 0 Å². The van der Waals surface area contributed by atoms with Crippen molar-refractivity contribution >= 4 is 30.8 Å². The Morgan fingerprint density at radius 2 is 1.39 bits per heavy atom. The van der Waals surface area contributed by atoms with Crippen LogP contribution in [0.4, 0.5) is 0 Å². The lowest BCUT2D eigenvalue weighted by molar-refractivity contribution is 0.0684. The van der Waals surface area contributed by atoms with Crippen molar-refractivity contribution in [2.45, 2.75) is 6.04 Å². The van der Waals surface area contributed by atoms with Gasteiger partial charge in [-0.25, -0.2) is 9.78 Å². The van der Waals surface area contributed by atoms with Crippen molar-refractivity contribution < 1.29 is 9.90 Å². The van der Waals surface area contributed by atoms with Gasteiger partial charge in [-0.05, 0) is 11.1 Å². The van der Waals surface area contributed by atoms with Crippen LogP contribution in [0.3, 0.4) is 0 Å². The van der Waals surface area contributed by atoms with E-state index in [0.717, 1.165) is 11.1 Å². The lowest BCUT2D eigenvalue weighted by Gasteiger charge is -2.21. The highest BCUT2D eigenvalue weighted by Gasteiger charge is 2.21. The fraction of sp³-hybridized carbons (Fsp3) is 0.0588. The molecule has 3 aromatic rings. The average Bonchev–Trinajstić information content (AvgIpc) is 2.99. The van der Waals surface area contributed by atoms with E-state index in [1.165, 1.54) is 6.20 Å². The molecular weight excluding hydrogens is 335 g/mol. The molecular formula is C17H16Cl2N2O2. The normalized spacial score (nSPS) is 9.78. The summed E-state index contributed by atoms with van der Waals surface area (Å²) in [7, 11) is 0. The van der Waals surface area contributed by atoms with Crippen LogP contribution in [-0.4, -0.2) is 20.6 Å². The van der Waals surface area contributed by atoms with E-state index in [4.69, 9.17) is 0 Å². The molecule has 1 N–H and O–H groups in total. The van der Waals surface area contributed by atoms with Gasteiger partial charge in [-0.2, -0.15) is 0 Å². The third-order valence-corrected chi connectivity index (χ3v) is 3.39. The first-order valence-electron chi connectivity index (χ1n) is 6.62. The van der Waals surface area contributed by atoms with Gasteiger partial charge in [0.05, 0.1) is 18.6 Å². The van der Waals surface area contributed by atoms with Gasteiger partial charge in [-0.15, -0.1) is 24.8 Å². The number of aromatic nitrogens is 2. The molecule has 0 aliphatic carbocycles. The highest BCUT2D eigenvalue weighted by atomic mass is 35.5. The standard InChI is InChI=1S/C17H14N2O2.2ClH/c20-17(21)15-11-18-12-19(15)16(13-7-3-1-4-8-13)14-9-5-2-6-10-14;;/h1-12,16H,(H,20,21);2*1H. The summed E-state index contributed by atoms with van der Waals surface area (Å²) in [4.78, 5) is 15.4. The summed E-state index contributed by atoms with van der Waals surface area (Å²) in [6.07, 6.45) is 2.94. The Labute approximate surface area is 146 Å². The van der Waals surface area contributed by atoms with E-state index in [-0.39, 0.29) is 36.5 Å². The molecule has 0 spiro atoms. The molecule has 0 saturated heterocycles. The topological polar surface area (TPSA) is 55.1 Å². The van der Waals surface area contributed by atoms with Crippen molar-refractivity contribution in [2.24, 2.45) is 0 Å². The monoisotopic (exact) mass is 350 g/mol. The molecule has 0 amide bonds. The Balaban J connectivity index is 0.00000132. The zero-order chi connectivity index (χ0) is 14.7. The van der Waals surface area contributed by atoms with E-state index in [1.807, 2.05) is 60.7 Å². The van der Waals surface area contributed by atoms with Gasteiger partial charge in [-0.1, -0.05) is 60.7 Å². The van der Waals surface area contributed by atoms with Gasteiger partial charge >= 0.3 is 5.97 Å². The number of carboxylic acid groups (broad SMARTS) is 1. The number of carboxylic acids is 1. The second-order valence-corrected chi connectivity index (χ2v) is 4.72. The Hall–Kier alpha value is -2.30. The third kappa shape index (κ3) is 3.92. The largest absolute Gasteiger partial charge is 0.477 e. The van der Waals surface area contributed by atoms with Crippen molar-refractivity contribution in [1.29, 1.82) is 0 Å². The maximum Gasteiger partial charge on any atom is 0.354 e. The minimum atomic E-state index is -0.982. The van der Waals surface area contributed by atoms with E-state index >= 15 is 0 Å². The Morgan fingerprint density at radius 3 is 1.83 bits per heavy atom. The zero-order valence-corrected chi connectivity index (χ0v) is 13.7. The molecule has 1 heterocycles.